The number of benzene rings is 1. The highest BCUT2D eigenvalue weighted by atomic mass is 16.5. The molecule has 1 aliphatic heterocycles. The smallest absolute Gasteiger partial charge is 0.119 e. The lowest BCUT2D eigenvalue weighted by molar-refractivity contribution is -0.0602. The molecule has 3 heteroatoms. The number of fused-ring (bicyclic) bond motifs is 4. The summed E-state index contributed by atoms with van der Waals surface area (Å²) in [6, 6.07) is 6.49. The van der Waals surface area contributed by atoms with Gasteiger partial charge < -0.3 is 9.84 Å². The van der Waals surface area contributed by atoms with E-state index in [4.69, 9.17) is 4.74 Å². The molecule has 0 unspecified atom stereocenters. The van der Waals surface area contributed by atoms with Crippen molar-refractivity contribution in [2.45, 2.75) is 65.0 Å². The summed E-state index contributed by atoms with van der Waals surface area (Å²) in [5, 5.41) is 10.5. The standard InChI is InChI=1S/C22H33NO2/c1-6-7-13-25-16(2)15-23-12-11-22(5)18-9-8-10-19(24)17(18)14-20(23)21(22,3)4/h6-10,16,20,24H,11-15H2,1-5H3/t16-,20+,22-/m0/s1. The minimum Gasteiger partial charge on any atom is -0.508 e. The Balaban J connectivity index is 1.86. The Hall–Kier alpha value is -1.32. The molecular formula is C22H33NO2. The molecule has 0 spiro atoms. The summed E-state index contributed by atoms with van der Waals surface area (Å²) in [6.45, 7) is 14.1. The maximum absolute atomic E-state index is 10.5. The van der Waals surface area contributed by atoms with Crippen LogP contribution < -0.4 is 0 Å². The van der Waals surface area contributed by atoms with Gasteiger partial charge in [-0.1, -0.05) is 45.1 Å². The van der Waals surface area contributed by atoms with E-state index in [-0.39, 0.29) is 16.9 Å². The molecule has 25 heavy (non-hydrogen) atoms. The minimum atomic E-state index is 0.107. The fourth-order valence-electron chi connectivity index (χ4n) is 4.95. The number of likely N-dealkylation sites (tertiary alicyclic amines) is 1. The summed E-state index contributed by atoms with van der Waals surface area (Å²) in [7, 11) is 0. The Morgan fingerprint density at radius 1 is 1.36 bits per heavy atom. The number of phenols is 1. The third-order valence-electron chi connectivity index (χ3n) is 6.94. The van der Waals surface area contributed by atoms with E-state index in [0.717, 1.165) is 31.5 Å². The maximum atomic E-state index is 10.5. The fraction of sp³-hybridized carbons (Fsp3) is 0.636. The zero-order valence-corrected chi connectivity index (χ0v) is 16.4. The Morgan fingerprint density at radius 3 is 2.84 bits per heavy atom. The first-order valence-electron chi connectivity index (χ1n) is 9.59. The number of aromatic hydroxyl groups is 1. The number of hydrogen-bond donors (Lipinski definition) is 1. The number of piperidine rings is 1. The molecule has 1 heterocycles. The van der Waals surface area contributed by atoms with Crippen LogP contribution in [-0.4, -0.2) is 41.8 Å². The number of rotatable bonds is 5. The number of ether oxygens (including phenoxy) is 1. The van der Waals surface area contributed by atoms with E-state index in [0.29, 0.717) is 18.4 Å². The molecule has 1 aliphatic carbocycles. The van der Waals surface area contributed by atoms with Crippen LogP contribution in [0.25, 0.3) is 0 Å². The van der Waals surface area contributed by atoms with Crippen molar-refractivity contribution in [1.29, 1.82) is 0 Å². The molecule has 138 valence electrons. The van der Waals surface area contributed by atoms with Crippen LogP contribution in [0.1, 0.15) is 52.2 Å². The third kappa shape index (κ3) is 3.02. The maximum Gasteiger partial charge on any atom is 0.119 e. The fourth-order valence-corrected chi connectivity index (χ4v) is 4.95. The molecule has 3 rings (SSSR count). The molecule has 0 amide bonds. The molecule has 2 aliphatic rings. The lowest BCUT2D eigenvalue weighted by atomic mass is 9.51. The van der Waals surface area contributed by atoms with E-state index in [2.05, 4.69) is 44.7 Å². The van der Waals surface area contributed by atoms with E-state index in [1.54, 1.807) is 0 Å². The molecule has 1 N–H and O–H groups in total. The van der Waals surface area contributed by atoms with Crippen LogP contribution in [0.4, 0.5) is 0 Å². The summed E-state index contributed by atoms with van der Waals surface area (Å²) in [6.07, 6.45) is 6.34. The second-order valence-electron chi connectivity index (χ2n) is 8.53. The van der Waals surface area contributed by atoms with Crippen molar-refractivity contribution < 1.29 is 9.84 Å². The Labute approximate surface area is 152 Å². The van der Waals surface area contributed by atoms with Gasteiger partial charge in [0.1, 0.15) is 5.75 Å². The van der Waals surface area contributed by atoms with Crippen molar-refractivity contribution in [2.24, 2.45) is 5.41 Å². The molecular weight excluding hydrogens is 310 g/mol. The summed E-state index contributed by atoms with van der Waals surface area (Å²) in [5.41, 5.74) is 2.78. The van der Waals surface area contributed by atoms with Crippen molar-refractivity contribution in [1.82, 2.24) is 4.90 Å². The summed E-state index contributed by atoms with van der Waals surface area (Å²) in [4.78, 5) is 2.59. The molecule has 1 aromatic carbocycles. The molecule has 3 nitrogen and oxygen atoms in total. The largest absolute Gasteiger partial charge is 0.508 e. The van der Waals surface area contributed by atoms with E-state index in [1.165, 1.54) is 5.56 Å². The molecule has 0 aromatic heterocycles. The molecule has 0 saturated carbocycles. The average Bonchev–Trinajstić information content (AvgIpc) is 2.54. The van der Waals surface area contributed by atoms with Crippen LogP contribution in [0.15, 0.2) is 30.4 Å². The second-order valence-corrected chi connectivity index (χ2v) is 8.53. The Bertz CT molecular complexity index is 651. The van der Waals surface area contributed by atoms with Crippen molar-refractivity contribution in [3.8, 4) is 5.75 Å². The van der Waals surface area contributed by atoms with Gasteiger partial charge >= 0.3 is 0 Å². The predicted molar refractivity (Wildman–Crippen MR) is 103 cm³/mol. The van der Waals surface area contributed by atoms with Gasteiger partial charge in [-0.15, -0.1) is 0 Å². The van der Waals surface area contributed by atoms with Gasteiger partial charge in [0.05, 0.1) is 12.7 Å². The van der Waals surface area contributed by atoms with Gasteiger partial charge in [0, 0.05) is 18.0 Å². The first kappa shape index (κ1) is 18.5. The van der Waals surface area contributed by atoms with Gasteiger partial charge in [-0.3, -0.25) is 4.90 Å². The second kappa shape index (κ2) is 6.77. The van der Waals surface area contributed by atoms with Gasteiger partial charge in [-0.25, -0.2) is 0 Å². The Kier molecular flexibility index (Phi) is 5.00. The molecule has 1 fully saturated rings. The summed E-state index contributed by atoms with van der Waals surface area (Å²) < 4.78 is 5.93. The third-order valence-corrected chi connectivity index (χ3v) is 6.94. The highest BCUT2D eigenvalue weighted by Gasteiger charge is 2.56. The molecule has 1 aromatic rings. The van der Waals surface area contributed by atoms with Crippen LogP contribution in [0.5, 0.6) is 5.75 Å². The average molecular weight is 344 g/mol. The molecule has 3 atom stereocenters. The van der Waals surface area contributed by atoms with Crippen LogP contribution >= 0.6 is 0 Å². The van der Waals surface area contributed by atoms with Crippen LogP contribution in [0.2, 0.25) is 0 Å². The van der Waals surface area contributed by atoms with Gasteiger partial charge in [-0.2, -0.15) is 0 Å². The SMILES string of the molecule is CC=CCO[C@@H](C)CN1CC[C@@]2(C)c3cccc(O)c3C[C@@H]1C2(C)C. The topological polar surface area (TPSA) is 32.7 Å². The van der Waals surface area contributed by atoms with Crippen molar-refractivity contribution in [3.63, 3.8) is 0 Å². The highest BCUT2D eigenvalue weighted by molar-refractivity contribution is 5.48. The Morgan fingerprint density at radius 2 is 2.12 bits per heavy atom. The summed E-state index contributed by atoms with van der Waals surface area (Å²) >= 11 is 0. The normalized spacial score (nSPS) is 29.6. The van der Waals surface area contributed by atoms with E-state index < -0.39 is 0 Å². The monoisotopic (exact) mass is 343 g/mol. The van der Waals surface area contributed by atoms with E-state index in [9.17, 15) is 5.11 Å². The van der Waals surface area contributed by atoms with Crippen molar-refractivity contribution >= 4 is 0 Å². The van der Waals surface area contributed by atoms with E-state index >= 15 is 0 Å². The first-order valence-corrected chi connectivity index (χ1v) is 9.59. The van der Waals surface area contributed by atoms with Crippen molar-refractivity contribution in [2.75, 3.05) is 19.7 Å². The number of hydrogen-bond acceptors (Lipinski definition) is 3. The van der Waals surface area contributed by atoms with Gasteiger partial charge in [0.2, 0.25) is 0 Å². The lowest BCUT2D eigenvalue weighted by Crippen LogP contribution is -2.64. The zero-order chi connectivity index (χ0) is 18.2. The molecule has 1 saturated heterocycles. The highest BCUT2D eigenvalue weighted by Crippen LogP contribution is 2.57. The number of phenolic OH excluding ortho intramolecular Hbond substituents is 1. The minimum absolute atomic E-state index is 0.107. The number of nitrogens with zero attached hydrogens (tertiary/aromatic N) is 1. The van der Waals surface area contributed by atoms with Crippen LogP contribution in [0.3, 0.4) is 0 Å². The van der Waals surface area contributed by atoms with Crippen LogP contribution in [-0.2, 0) is 16.6 Å². The van der Waals surface area contributed by atoms with Crippen molar-refractivity contribution in [3.05, 3.63) is 41.5 Å². The zero-order valence-electron chi connectivity index (χ0n) is 16.4. The summed E-state index contributed by atoms with van der Waals surface area (Å²) in [5.74, 6) is 0.462. The van der Waals surface area contributed by atoms with Gasteiger partial charge in [0.25, 0.3) is 0 Å². The van der Waals surface area contributed by atoms with Gasteiger partial charge in [0.15, 0.2) is 0 Å². The first-order chi connectivity index (χ1) is 11.8. The molecule has 0 radical (unpaired) electrons. The quantitative estimate of drug-likeness (QED) is 0.810. The van der Waals surface area contributed by atoms with Crippen LogP contribution in [0, 0.1) is 5.41 Å². The predicted octanol–water partition coefficient (Wildman–Crippen LogP) is 4.29. The molecule has 2 bridgehead atoms. The number of allylic oxidation sites excluding steroid dienone is 1. The lowest BCUT2D eigenvalue weighted by Gasteiger charge is -2.61. The van der Waals surface area contributed by atoms with E-state index in [1.807, 2.05) is 25.1 Å². The van der Waals surface area contributed by atoms with Gasteiger partial charge in [-0.05, 0) is 55.8 Å².